The maximum atomic E-state index is 12.4. The lowest BCUT2D eigenvalue weighted by Crippen LogP contribution is -2.25. The summed E-state index contributed by atoms with van der Waals surface area (Å²) in [6.45, 7) is 4.04. The highest BCUT2D eigenvalue weighted by Crippen LogP contribution is 2.17. The van der Waals surface area contributed by atoms with Crippen LogP contribution in [-0.2, 0) is 4.74 Å². The summed E-state index contributed by atoms with van der Waals surface area (Å²) in [7, 11) is 0. The molecule has 0 radical (unpaired) electrons. The van der Waals surface area contributed by atoms with Crippen LogP contribution in [0.4, 0.5) is 11.5 Å². The third-order valence-electron chi connectivity index (χ3n) is 4.45. The van der Waals surface area contributed by atoms with Crippen LogP contribution in [0.5, 0.6) is 0 Å². The van der Waals surface area contributed by atoms with Gasteiger partial charge in [0.2, 0.25) is 0 Å². The summed E-state index contributed by atoms with van der Waals surface area (Å²) in [5.41, 5.74) is 1.27. The van der Waals surface area contributed by atoms with Gasteiger partial charge in [0.15, 0.2) is 0 Å². The first-order valence-corrected chi connectivity index (χ1v) is 9.33. The second-order valence-electron chi connectivity index (χ2n) is 6.41. The van der Waals surface area contributed by atoms with E-state index in [0.29, 0.717) is 17.9 Å². The molecule has 1 aliphatic rings. The summed E-state index contributed by atoms with van der Waals surface area (Å²) in [5.74, 6) is 0.0892. The summed E-state index contributed by atoms with van der Waals surface area (Å²) in [4.78, 5) is 34.9. The maximum Gasteiger partial charge on any atom is 0.338 e. The Kier molecular flexibility index (Phi) is 6.35. The van der Waals surface area contributed by atoms with Gasteiger partial charge < -0.3 is 15.0 Å². The number of ether oxygens (including phenoxy) is 1. The molecule has 27 heavy (non-hydrogen) atoms. The quantitative estimate of drug-likeness (QED) is 0.815. The highest BCUT2D eigenvalue weighted by molar-refractivity contribution is 6.03. The first kappa shape index (κ1) is 18.8. The molecule has 1 fully saturated rings. The molecule has 7 nitrogen and oxygen atoms in total. The summed E-state index contributed by atoms with van der Waals surface area (Å²) >= 11 is 0. The van der Waals surface area contributed by atoms with Crippen LogP contribution in [0.1, 0.15) is 53.5 Å². The molecule has 1 aliphatic heterocycles. The Labute approximate surface area is 158 Å². The van der Waals surface area contributed by atoms with Gasteiger partial charge in [-0.2, -0.15) is 0 Å². The predicted molar refractivity (Wildman–Crippen MR) is 103 cm³/mol. The minimum Gasteiger partial charge on any atom is -0.462 e. The summed E-state index contributed by atoms with van der Waals surface area (Å²) < 4.78 is 4.94. The van der Waals surface area contributed by atoms with Gasteiger partial charge in [0.25, 0.3) is 5.91 Å². The van der Waals surface area contributed by atoms with E-state index in [9.17, 15) is 9.59 Å². The first-order chi connectivity index (χ1) is 13.2. The van der Waals surface area contributed by atoms with Gasteiger partial charge in [-0.05, 0) is 44.0 Å². The Hall–Kier alpha value is -2.96. The van der Waals surface area contributed by atoms with Gasteiger partial charge >= 0.3 is 5.97 Å². The Bertz CT molecular complexity index is 767. The van der Waals surface area contributed by atoms with E-state index in [0.717, 1.165) is 31.7 Å². The van der Waals surface area contributed by atoms with Gasteiger partial charge in [0.05, 0.1) is 24.6 Å². The van der Waals surface area contributed by atoms with Gasteiger partial charge in [-0.25, -0.2) is 14.8 Å². The van der Waals surface area contributed by atoms with Crippen molar-refractivity contribution in [3.8, 4) is 0 Å². The first-order valence-electron chi connectivity index (χ1n) is 9.33. The van der Waals surface area contributed by atoms with Crippen LogP contribution in [-0.4, -0.2) is 41.5 Å². The molecule has 0 saturated carbocycles. The number of hydrogen-bond donors (Lipinski definition) is 1. The van der Waals surface area contributed by atoms with Crippen LogP contribution in [0.25, 0.3) is 0 Å². The van der Waals surface area contributed by atoms with E-state index in [2.05, 4.69) is 20.2 Å². The fourth-order valence-corrected chi connectivity index (χ4v) is 3.00. The van der Waals surface area contributed by atoms with Crippen LogP contribution in [0, 0.1) is 0 Å². The molecule has 0 unspecified atom stereocenters. The summed E-state index contributed by atoms with van der Waals surface area (Å²) in [6, 6.07) is 6.54. The number of nitrogens with zero attached hydrogens (tertiary/aromatic N) is 3. The van der Waals surface area contributed by atoms with Gasteiger partial charge in [0, 0.05) is 18.8 Å². The summed E-state index contributed by atoms with van der Waals surface area (Å²) in [6.07, 6.45) is 7.98. The van der Waals surface area contributed by atoms with E-state index >= 15 is 0 Å². The maximum absolute atomic E-state index is 12.4. The van der Waals surface area contributed by atoms with Crippen LogP contribution >= 0.6 is 0 Å². The second kappa shape index (κ2) is 9.12. The number of carbonyl (C=O) groups is 2. The van der Waals surface area contributed by atoms with Crippen molar-refractivity contribution in [2.45, 2.75) is 32.6 Å². The fourth-order valence-electron chi connectivity index (χ4n) is 3.00. The van der Waals surface area contributed by atoms with Crippen molar-refractivity contribution in [1.82, 2.24) is 9.97 Å². The van der Waals surface area contributed by atoms with E-state index in [1.165, 1.54) is 19.0 Å². The molecule has 2 aromatic rings. The van der Waals surface area contributed by atoms with Crippen LogP contribution in [0.3, 0.4) is 0 Å². The zero-order valence-corrected chi connectivity index (χ0v) is 15.5. The summed E-state index contributed by atoms with van der Waals surface area (Å²) in [5, 5.41) is 2.76. The van der Waals surface area contributed by atoms with E-state index in [4.69, 9.17) is 4.74 Å². The number of nitrogens with one attached hydrogen (secondary N) is 1. The molecule has 7 heteroatoms. The Balaban J connectivity index is 1.61. The number of rotatable bonds is 5. The van der Waals surface area contributed by atoms with Crippen molar-refractivity contribution >= 4 is 23.4 Å². The number of aromatic nitrogens is 2. The van der Waals surface area contributed by atoms with Crippen LogP contribution < -0.4 is 10.2 Å². The highest BCUT2D eigenvalue weighted by Gasteiger charge is 2.14. The number of hydrogen-bond acceptors (Lipinski definition) is 6. The molecule has 0 atom stereocenters. The molecule has 2 heterocycles. The monoisotopic (exact) mass is 368 g/mol. The van der Waals surface area contributed by atoms with Gasteiger partial charge in [0.1, 0.15) is 11.5 Å². The Morgan fingerprint density at radius 2 is 1.74 bits per heavy atom. The number of amides is 1. The fraction of sp³-hybridized carbons (Fsp3) is 0.400. The third kappa shape index (κ3) is 5.03. The standard InChI is InChI=1S/C20H24N4O3/c1-2-27-20(26)15-7-9-16(10-8-15)23-19(25)17-13-22-18(14-21-17)24-11-5-3-4-6-12-24/h7-10,13-14H,2-6,11-12H2,1H3,(H,23,25). The van der Waals surface area contributed by atoms with E-state index in [1.807, 2.05) is 0 Å². The van der Waals surface area contributed by atoms with Crippen molar-refractivity contribution < 1.29 is 14.3 Å². The van der Waals surface area contributed by atoms with Gasteiger partial charge in [-0.15, -0.1) is 0 Å². The van der Waals surface area contributed by atoms with Crippen molar-refractivity contribution in [2.24, 2.45) is 0 Å². The molecular weight excluding hydrogens is 344 g/mol. The highest BCUT2D eigenvalue weighted by atomic mass is 16.5. The molecule has 1 saturated heterocycles. The third-order valence-corrected chi connectivity index (χ3v) is 4.45. The number of anilines is 2. The minimum atomic E-state index is -0.384. The smallest absolute Gasteiger partial charge is 0.338 e. The van der Waals surface area contributed by atoms with Gasteiger partial charge in [-0.1, -0.05) is 12.8 Å². The van der Waals surface area contributed by atoms with Crippen molar-refractivity contribution in [2.75, 3.05) is 29.9 Å². The molecule has 1 amide bonds. The topological polar surface area (TPSA) is 84.4 Å². The Morgan fingerprint density at radius 3 is 2.33 bits per heavy atom. The van der Waals surface area contributed by atoms with E-state index in [1.54, 1.807) is 37.4 Å². The molecule has 1 N–H and O–H groups in total. The molecule has 0 aliphatic carbocycles. The van der Waals surface area contributed by atoms with Crippen molar-refractivity contribution in [1.29, 1.82) is 0 Å². The largest absolute Gasteiger partial charge is 0.462 e. The van der Waals surface area contributed by atoms with Crippen LogP contribution in [0.15, 0.2) is 36.7 Å². The molecule has 0 spiro atoms. The predicted octanol–water partition coefficient (Wildman–Crippen LogP) is 3.29. The number of benzene rings is 1. The minimum absolute atomic E-state index is 0.253. The zero-order chi connectivity index (χ0) is 19.1. The van der Waals surface area contributed by atoms with E-state index in [-0.39, 0.29) is 17.6 Å². The van der Waals surface area contributed by atoms with Crippen molar-refractivity contribution in [3.63, 3.8) is 0 Å². The van der Waals surface area contributed by atoms with Gasteiger partial charge in [-0.3, -0.25) is 4.79 Å². The molecule has 3 rings (SSSR count). The zero-order valence-electron chi connectivity index (χ0n) is 15.5. The lowest BCUT2D eigenvalue weighted by molar-refractivity contribution is 0.0526. The molecule has 1 aromatic carbocycles. The average Bonchev–Trinajstić information content (AvgIpc) is 2.98. The molecule has 1 aromatic heterocycles. The second-order valence-corrected chi connectivity index (χ2v) is 6.41. The molecular formula is C20H24N4O3. The average molecular weight is 368 g/mol. The van der Waals surface area contributed by atoms with Crippen molar-refractivity contribution in [3.05, 3.63) is 47.9 Å². The lowest BCUT2D eigenvalue weighted by atomic mass is 10.2. The van der Waals surface area contributed by atoms with Crippen LogP contribution in [0.2, 0.25) is 0 Å². The molecule has 142 valence electrons. The number of carbonyl (C=O) groups excluding carboxylic acids is 2. The Morgan fingerprint density at radius 1 is 1.04 bits per heavy atom. The SMILES string of the molecule is CCOC(=O)c1ccc(NC(=O)c2cnc(N3CCCCCC3)cn2)cc1. The lowest BCUT2D eigenvalue weighted by Gasteiger charge is -2.20. The van der Waals surface area contributed by atoms with E-state index < -0.39 is 0 Å². The normalized spacial score (nSPS) is 14.3. The molecule has 0 bridgehead atoms. The number of esters is 1.